The lowest BCUT2D eigenvalue weighted by Crippen LogP contribution is -2.17. The van der Waals surface area contributed by atoms with Crippen LogP contribution in [0.2, 0.25) is 0 Å². The van der Waals surface area contributed by atoms with Gasteiger partial charge in [-0.05, 0) is 31.3 Å². The maximum atomic E-state index is 12.3. The molecule has 0 saturated carbocycles. The molecule has 1 N–H and O–H groups in total. The van der Waals surface area contributed by atoms with Gasteiger partial charge < -0.3 is 5.32 Å². The van der Waals surface area contributed by atoms with Crippen LogP contribution in [0.5, 0.6) is 0 Å². The molecule has 0 aliphatic rings. The molecule has 0 aliphatic heterocycles. The van der Waals surface area contributed by atoms with Crippen LogP contribution in [0.1, 0.15) is 22.8 Å². The van der Waals surface area contributed by atoms with E-state index in [4.69, 9.17) is 0 Å². The molecule has 0 saturated heterocycles. The lowest BCUT2D eigenvalue weighted by Gasteiger charge is -2.07. The van der Waals surface area contributed by atoms with Crippen LogP contribution in [0, 0.1) is 0 Å². The Labute approximate surface area is 90.8 Å². The van der Waals surface area contributed by atoms with Gasteiger partial charge in [0.15, 0.2) is 0 Å². The normalized spacial score (nSPS) is 11.8. The molecular formula is C11H10F3NO. The van der Waals surface area contributed by atoms with Crippen LogP contribution < -0.4 is 5.32 Å². The maximum Gasteiger partial charge on any atom is 0.416 e. The van der Waals surface area contributed by atoms with Gasteiger partial charge in [-0.2, -0.15) is 13.2 Å². The van der Waals surface area contributed by atoms with Gasteiger partial charge in [0.05, 0.1) is 5.56 Å². The lowest BCUT2D eigenvalue weighted by molar-refractivity contribution is -0.137. The van der Waals surface area contributed by atoms with Crippen LogP contribution in [-0.2, 0) is 6.18 Å². The molecule has 0 radical (unpaired) electrons. The summed E-state index contributed by atoms with van der Waals surface area (Å²) in [6.07, 6.45) is -1.50. The third-order valence-electron chi connectivity index (χ3n) is 1.83. The van der Waals surface area contributed by atoms with Crippen LogP contribution in [0.4, 0.5) is 13.2 Å². The molecule has 1 aromatic rings. The summed E-state index contributed by atoms with van der Waals surface area (Å²) >= 11 is 0. The minimum absolute atomic E-state index is 0.0204. The second-order valence-corrected chi connectivity index (χ2v) is 3.05. The smallest absolute Gasteiger partial charge is 0.329 e. The first kappa shape index (κ1) is 12.3. The molecule has 0 aliphatic carbocycles. The van der Waals surface area contributed by atoms with Crippen molar-refractivity contribution in [3.8, 4) is 0 Å². The summed E-state index contributed by atoms with van der Waals surface area (Å²) in [6.45, 7) is 1.69. The fourth-order valence-electron chi connectivity index (χ4n) is 1.08. The molecule has 0 unspecified atom stereocenters. The van der Waals surface area contributed by atoms with Gasteiger partial charge in [-0.15, -0.1) is 0 Å². The van der Waals surface area contributed by atoms with Crippen molar-refractivity contribution < 1.29 is 18.0 Å². The van der Waals surface area contributed by atoms with Gasteiger partial charge in [-0.1, -0.05) is 12.1 Å². The monoisotopic (exact) mass is 229 g/mol. The highest BCUT2D eigenvalue weighted by molar-refractivity contribution is 5.94. The minimum Gasteiger partial charge on any atom is -0.329 e. The van der Waals surface area contributed by atoms with E-state index >= 15 is 0 Å². The number of hydrogen-bond donors (Lipinski definition) is 1. The zero-order valence-electron chi connectivity index (χ0n) is 8.51. The van der Waals surface area contributed by atoms with Crippen molar-refractivity contribution in [3.05, 3.63) is 47.7 Å². The van der Waals surface area contributed by atoms with Crippen LogP contribution in [0.25, 0.3) is 0 Å². The predicted octanol–water partition coefficient (Wildman–Crippen LogP) is 2.97. The first-order valence-electron chi connectivity index (χ1n) is 4.54. The van der Waals surface area contributed by atoms with Crippen LogP contribution in [-0.4, -0.2) is 5.91 Å². The third-order valence-corrected chi connectivity index (χ3v) is 1.83. The number of rotatable bonds is 2. The topological polar surface area (TPSA) is 29.1 Å². The van der Waals surface area contributed by atoms with E-state index in [0.717, 1.165) is 12.1 Å². The summed E-state index contributed by atoms with van der Waals surface area (Å²) in [6, 6.07) is 4.27. The zero-order chi connectivity index (χ0) is 12.2. The molecule has 1 amide bonds. The van der Waals surface area contributed by atoms with Gasteiger partial charge in [0.2, 0.25) is 0 Å². The Morgan fingerprint density at radius 1 is 1.38 bits per heavy atom. The average Bonchev–Trinajstić information content (AvgIpc) is 2.25. The van der Waals surface area contributed by atoms with Crippen molar-refractivity contribution in [1.29, 1.82) is 0 Å². The van der Waals surface area contributed by atoms with E-state index in [1.165, 1.54) is 18.3 Å². The number of hydrogen-bond acceptors (Lipinski definition) is 1. The quantitative estimate of drug-likeness (QED) is 0.829. The SMILES string of the molecule is C/C=C/NC(=O)c1cccc(C(F)(F)F)c1. The molecule has 0 bridgehead atoms. The standard InChI is InChI=1S/C11H10F3NO/c1-2-6-15-10(16)8-4-3-5-9(7-8)11(12,13)14/h2-7H,1H3,(H,15,16)/b6-2+. The molecule has 0 atom stereocenters. The second-order valence-electron chi connectivity index (χ2n) is 3.05. The molecule has 86 valence electrons. The number of carbonyl (C=O) groups excluding carboxylic acids is 1. The number of halogens is 3. The van der Waals surface area contributed by atoms with Crippen molar-refractivity contribution in [2.75, 3.05) is 0 Å². The summed E-state index contributed by atoms with van der Waals surface area (Å²) in [5.41, 5.74) is -0.853. The van der Waals surface area contributed by atoms with Gasteiger partial charge >= 0.3 is 6.18 Å². The van der Waals surface area contributed by atoms with Crippen LogP contribution >= 0.6 is 0 Å². The van der Waals surface area contributed by atoms with Gasteiger partial charge in [-0.25, -0.2) is 0 Å². The Kier molecular flexibility index (Phi) is 3.71. The Morgan fingerprint density at radius 2 is 2.06 bits per heavy atom. The van der Waals surface area contributed by atoms with Crippen molar-refractivity contribution in [2.24, 2.45) is 0 Å². The number of allylic oxidation sites excluding steroid dienone is 1. The highest BCUT2D eigenvalue weighted by Gasteiger charge is 2.30. The Balaban J connectivity index is 2.95. The van der Waals surface area contributed by atoms with E-state index in [2.05, 4.69) is 5.32 Å². The number of alkyl halides is 3. The number of benzene rings is 1. The summed E-state index contributed by atoms with van der Waals surface area (Å²) in [5.74, 6) is -0.566. The second kappa shape index (κ2) is 4.83. The predicted molar refractivity (Wildman–Crippen MR) is 53.7 cm³/mol. The number of carbonyl (C=O) groups is 1. The maximum absolute atomic E-state index is 12.3. The number of nitrogens with one attached hydrogen (secondary N) is 1. The van der Waals surface area contributed by atoms with Gasteiger partial charge in [0, 0.05) is 5.56 Å². The molecular weight excluding hydrogens is 219 g/mol. The molecule has 2 nitrogen and oxygen atoms in total. The van der Waals surface area contributed by atoms with Crippen molar-refractivity contribution in [2.45, 2.75) is 13.1 Å². The van der Waals surface area contributed by atoms with Crippen molar-refractivity contribution >= 4 is 5.91 Å². The summed E-state index contributed by atoms with van der Waals surface area (Å²) in [4.78, 5) is 11.4. The molecule has 16 heavy (non-hydrogen) atoms. The van der Waals surface area contributed by atoms with Gasteiger partial charge in [0.1, 0.15) is 0 Å². The molecule has 0 fully saturated rings. The Morgan fingerprint density at radius 3 is 2.62 bits per heavy atom. The Bertz CT molecular complexity index is 410. The van der Waals surface area contributed by atoms with E-state index in [9.17, 15) is 18.0 Å². The van der Waals surface area contributed by atoms with Crippen molar-refractivity contribution in [3.63, 3.8) is 0 Å². The molecule has 0 heterocycles. The van der Waals surface area contributed by atoms with E-state index < -0.39 is 17.6 Å². The zero-order valence-corrected chi connectivity index (χ0v) is 8.51. The fourth-order valence-corrected chi connectivity index (χ4v) is 1.08. The van der Waals surface area contributed by atoms with Crippen molar-refractivity contribution in [1.82, 2.24) is 5.32 Å². The van der Waals surface area contributed by atoms with E-state index in [1.54, 1.807) is 13.0 Å². The first-order chi connectivity index (χ1) is 7.45. The minimum atomic E-state index is -4.43. The molecule has 1 aromatic carbocycles. The Hall–Kier alpha value is -1.78. The molecule has 1 rings (SSSR count). The summed E-state index contributed by atoms with van der Waals surface area (Å²) < 4.78 is 37.0. The van der Waals surface area contributed by atoms with E-state index in [-0.39, 0.29) is 5.56 Å². The van der Waals surface area contributed by atoms with Gasteiger partial charge in [0.25, 0.3) is 5.91 Å². The highest BCUT2D eigenvalue weighted by Crippen LogP contribution is 2.29. The largest absolute Gasteiger partial charge is 0.416 e. The first-order valence-corrected chi connectivity index (χ1v) is 4.54. The third kappa shape index (κ3) is 3.12. The molecule has 0 aromatic heterocycles. The van der Waals surface area contributed by atoms with Gasteiger partial charge in [-0.3, -0.25) is 4.79 Å². The average molecular weight is 229 g/mol. The molecule has 0 spiro atoms. The molecule has 5 heteroatoms. The highest BCUT2D eigenvalue weighted by atomic mass is 19.4. The van der Waals surface area contributed by atoms with Crippen LogP contribution in [0.15, 0.2) is 36.5 Å². The van der Waals surface area contributed by atoms with E-state index in [1.807, 2.05) is 0 Å². The summed E-state index contributed by atoms with van der Waals surface area (Å²) in [5, 5.41) is 2.34. The fraction of sp³-hybridized carbons (Fsp3) is 0.182. The van der Waals surface area contributed by atoms with Crippen LogP contribution in [0.3, 0.4) is 0 Å². The summed E-state index contributed by atoms with van der Waals surface area (Å²) in [7, 11) is 0. The number of amides is 1. The van der Waals surface area contributed by atoms with E-state index in [0.29, 0.717) is 0 Å². The lowest BCUT2D eigenvalue weighted by atomic mass is 10.1.